The normalized spacial score (nSPS) is 21.9. The molecule has 0 atom stereocenters. The van der Waals surface area contributed by atoms with Crippen LogP contribution in [0.1, 0.15) is 38.1 Å². The summed E-state index contributed by atoms with van der Waals surface area (Å²) in [4.78, 5) is 14.1. The van der Waals surface area contributed by atoms with Crippen molar-refractivity contribution >= 4 is 11.7 Å². The second-order valence-electron chi connectivity index (χ2n) is 5.40. The summed E-state index contributed by atoms with van der Waals surface area (Å²) in [6.07, 6.45) is 7.31. The van der Waals surface area contributed by atoms with Crippen LogP contribution in [0.5, 0.6) is 0 Å². The molecule has 98 valence electrons. The lowest BCUT2D eigenvalue weighted by atomic mass is 9.84. The van der Waals surface area contributed by atoms with Crippen LogP contribution < -0.4 is 5.73 Å². The van der Waals surface area contributed by atoms with Crippen molar-refractivity contribution in [2.45, 2.75) is 38.1 Å². The molecular weight excluding hydrogens is 228 g/mol. The second-order valence-corrected chi connectivity index (χ2v) is 5.40. The third kappa shape index (κ3) is 2.09. The van der Waals surface area contributed by atoms with Crippen LogP contribution in [0.15, 0.2) is 12.3 Å². The molecule has 2 heterocycles. The summed E-state index contributed by atoms with van der Waals surface area (Å²) in [6.45, 7) is 1.72. The monoisotopic (exact) mass is 248 g/mol. The Labute approximate surface area is 107 Å². The maximum Gasteiger partial charge on any atom is 0.225 e. The maximum atomic E-state index is 12.1. The van der Waals surface area contributed by atoms with Gasteiger partial charge in [-0.25, -0.2) is 0 Å². The number of likely N-dealkylation sites (tertiary alicyclic amines) is 1. The summed E-state index contributed by atoms with van der Waals surface area (Å²) in [6, 6.07) is 2.22. The Morgan fingerprint density at radius 1 is 1.28 bits per heavy atom. The highest BCUT2D eigenvalue weighted by atomic mass is 16.2. The highest BCUT2D eigenvalue weighted by molar-refractivity contribution is 5.79. The van der Waals surface area contributed by atoms with Gasteiger partial charge in [-0.3, -0.25) is 9.48 Å². The third-order valence-corrected chi connectivity index (χ3v) is 4.23. The largest absolute Gasteiger partial charge is 0.382 e. The van der Waals surface area contributed by atoms with E-state index in [1.54, 1.807) is 0 Å². The maximum absolute atomic E-state index is 12.1. The predicted molar refractivity (Wildman–Crippen MR) is 68.8 cm³/mol. The number of amides is 1. The number of piperidine rings is 1. The fraction of sp³-hybridized carbons (Fsp3) is 0.692. The van der Waals surface area contributed by atoms with Gasteiger partial charge < -0.3 is 10.6 Å². The molecule has 3 rings (SSSR count). The van der Waals surface area contributed by atoms with Crippen molar-refractivity contribution in [1.82, 2.24) is 14.7 Å². The molecule has 18 heavy (non-hydrogen) atoms. The molecule has 1 aliphatic carbocycles. The van der Waals surface area contributed by atoms with Gasteiger partial charge in [0, 0.05) is 25.2 Å². The molecule has 1 amide bonds. The Bertz CT molecular complexity index is 430. The van der Waals surface area contributed by atoms with Crippen molar-refractivity contribution in [3.63, 3.8) is 0 Å². The van der Waals surface area contributed by atoms with Crippen molar-refractivity contribution in [1.29, 1.82) is 0 Å². The summed E-state index contributed by atoms with van der Waals surface area (Å²) in [5.41, 5.74) is 5.63. The molecule has 0 radical (unpaired) electrons. The van der Waals surface area contributed by atoms with Crippen molar-refractivity contribution in [3.8, 4) is 0 Å². The van der Waals surface area contributed by atoms with E-state index in [1.165, 1.54) is 6.42 Å². The van der Waals surface area contributed by atoms with E-state index < -0.39 is 0 Å². The van der Waals surface area contributed by atoms with Crippen LogP contribution >= 0.6 is 0 Å². The van der Waals surface area contributed by atoms with Gasteiger partial charge in [-0.2, -0.15) is 5.10 Å². The number of carbonyl (C=O) groups is 1. The first kappa shape index (κ1) is 11.6. The fourth-order valence-electron chi connectivity index (χ4n) is 2.82. The number of carbonyl (C=O) groups excluding carboxylic acids is 1. The Morgan fingerprint density at radius 3 is 2.50 bits per heavy atom. The third-order valence-electron chi connectivity index (χ3n) is 4.23. The van der Waals surface area contributed by atoms with Crippen molar-refractivity contribution < 1.29 is 4.79 Å². The van der Waals surface area contributed by atoms with E-state index in [1.807, 2.05) is 21.8 Å². The molecule has 5 nitrogen and oxygen atoms in total. The molecule has 0 bridgehead atoms. The quantitative estimate of drug-likeness (QED) is 0.861. The standard InChI is InChI=1S/C13H20N4O/c14-12-6-9-17(15-12)11-4-7-16(8-5-11)13(18)10-2-1-3-10/h6,9-11H,1-5,7-8H2,(H2,14,15). The van der Waals surface area contributed by atoms with E-state index in [-0.39, 0.29) is 0 Å². The first-order chi connectivity index (χ1) is 8.74. The van der Waals surface area contributed by atoms with Crippen LogP contribution in [0.25, 0.3) is 0 Å². The van der Waals surface area contributed by atoms with E-state index in [2.05, 4.69) is 5.10 Å². The SMILES string of the molecule is Nc1ccn(C2CCN(C(=O)C3CCC3)CC2)n1. The van der Waals surface area contributed by atoms with Crippen LogP contribution in [-0.2, 0) is 4.79 Å². The lowest BCUT2D eigenvalue weighted by Gasteiger charge is -2.36. The molecule has 1 saturated carbocycles. The molecular formula is C13H20N4O. The number of nitrogens with zero attached hydrogens (tertiary/aromatic N) is 3. The van der Waals surface area contributed by atoms with Gasteiger partial charge in [-0.1, -0.05) is 6.42 Å². The number of hydrogen-bond donors (Lipinski definition) is 1. The Balaban J connectivity index is 1.56. The Hall–Kier alpha value is -1.52. The van der Waals surface area contributed by atoms with E-state index >= 15 is 0 Å². The molecule has 1 aromatic heterocycles. The minimum atomic E-state index is 0.321. The molecule has 2 fully saturated rings. The van der Waals surface area contributed by atoms with Gasteiger partial charge in [-0.15, -0.1) is 0 Å². The van der Waals surface area contributed by atoms with Gasteiger partial charge >= 0.3 is 0 Å². The fourth-order valence-corrected chi connectivity index (χ4v) is 2.82. The highest BCUT2D eigenvalue weighted by Crippen LogP contribution is 2.30. The zero-order valence-electron chi connectivity index (χ0n) is 10.6. The van der Waals surface area contributed by atoms with Crippen molar-refractivity contribution in [2.75, 3.05) is 18.8 Å². The molecule has 1 saturated heterocycles. The van der Waals surface area contributed by atoms with Gasteiger partial charge in [0.15, 0.2) is 0 Å². The summed E-state index contributed by atoms with van der Waals surface area (Å²) in [5, 5.41) is 4.26. The zero-order chi connectivity index (χ0) is 12.5. The molecule has 5 heteroatoms. The van der Waals surface area contributed by atoms with Crippen LogP contribution in [0.4, 0.5) is 5.82 Å². The first-order valence-corrected chi connectivity index (χ1v) is 6.83. The second kappa shape index (κ2) is 4.63. The number of nitrogen functional groups attached to an aromatic ring is 1. The van der Waals surface area contributed by atoms with Gasteiger partial charge in [0.1, 0.15) is 5.82 Å². The molecule has 2 aliphatic rings. The van der Waals surface area contributed by atoms with E-state index in [0.29, 0.717) is 23.7 Å². The van der Waals surface area contributed by atoms with E-state index in [9.17, 15) is 4.79 Å². The molecule has 1 aliphatic heterocycles. The van der Waals surface area contributed by atoms with E-state index in [4.69, 9.17) is 5.73 Å². The average Bonchev–Trinajstić information content (AvgIpc) is 2.74. The minimum Gasteiger partial charge on any atom is -0.382 e. The highest BCUT2D eigenvalue weighted by Gasteiger charge is 2.32. The lowest BCUT2D eigenvalue weighted by Crippen LogP contribution is -2.43. The number of aromatic nitrogens is 2. The van der Waals surface area contributed by atoms with Crippen LogP contribution in [0.3, 0.4) is 0 Å². The summed E-state index contributed by atoms with van der Waals surface area (Å²) in [5.74, 6) is 1.27. The Kier molecular flexibility index (Phi) is 2.97. The molecule has 0 spiro atoms. The molecule has 1 aromatic rings. The van der Waals surface area contributed by atoms with Gasteiger partial charge in [-0.05, 0) is 31.7 Å². The topological polar surface area (TPSA) is 64.2 Å². The molecule has 0 unspecified atom stereocenters. The number of anilines is 1. The van der Waals surface area contributed by atoms with Crippen molar-refractivity contribution in [3.05, 3.63) is 12.3 Å². The van der Waals surface area contributed by atoms with Gasteiger partial charge in [0.25, 0.3) is 0 Å². The molecule has 2 N–H and O–H groups in total. The summed E-state index contributed by atoms with van der Waals surface area (Å²) >= 11 is 0. The zero-order valence-corrected chi connectivity index (χ0v) is 10.6. The van der Waals surface area contributed by atoms with Crippen LogP contribution in [0, 0.1) is 5.92 Å². The van der Waals surface area contributed by atoms with Gasteiger partial charge in [0.05, 0.1) is 6.04 Å². The van der Waals surface area contributed by atoms with Crippen molar-refractivity contribution in [2.24, 2.45) is 5.92 Å². The molecule has 0 aromatic carbocycles. The lowest BCUT2D eigenvalue weighted by molar-refractivity contribution is -0.139. The summed E-state index contributed by atoms with van der Waals surface area (Å²) in [7, 11) is 0. The smallest absolute Gasteiger partial charge is 0.225 e. The number of rotatable bonds is 2. The first-order valence-electron chi connectivity index (χ1n) is 6.83. The number of hydrogen-bond acceptors (Lipinski definition) is 3. The Morgan fingerprint density at radius 2 is 2.00 bits per heavy atom. The van der Waals surface area contributed by atoms with Crippen LogP contribution in [-0.4, -0.2) is 33.7 Å². The minimum absolute atomic E-state index is 0.321. The predicted octanol–water partition coefficient (Wildman–Crippen LogP) is 1.43. The van der Waals surface area contributed by atoms with E-state index in [0.717, 1.165) is 38.8 Å². The van der Waals surface area contributed by atoms with Gasteiger partial charge in [0.2, 0.25) is 5.91 Å². The summed E-state index contributed by atoms with van der Waals surface area (Å²) < 4.78 is 1.94. The average molecular weight is 248 g/mol. The number of nitrogens with two attached hydrogens (primary N) is 1. The van der Waals surface area contributed by atoms with Crippen LogP contribution in [0.2, 0.25) is 0 Å².